The van der Waals surface area contributed by atoms with Crippen molar-refractivity contribution in [2.24, 2.45) is 0 Å². The summed E-state index contributed by atoms with van der Waals surface area (Å²) < 4.78 is 0. The zero-order valence-corrected chi connectivity index (χ0v) is 12.4. The summed E-state index contributed by atoms with van der Waals surface area (Å²) >= 11 is 1.76. The molecule has 1 atom stereocenters. The van der Waals surface area contributed by atoms with Gasteiger partial charge >= 0.3 is 0 Å². The fourth-order valence-electron chi connectivity index (χ4n) is 1.78. The Morgan fingerprint density at radius 2 is 1.89 bits per heavy atom. The molecule has 100 valence electrons. The summed E-state index contributed by atoms with van der Waals surface area (Å²) in [5.74, 6) is 0. The molecule has 2 rings (SSSR count). The molecule has 0 aliphatic heterocycles. The van der Waals surface area contributed by atoms with Crippen LogP contribution in [0.1, 0.15) is 29.9 Å². The summed E-state index contributed by atoms with van der Waals surface area (Å²) in [6.45, 7) is 4.84. The van der Waals surface area contributed by atoms with Crippen molar-refractivity contribution in [3.05, 3.63) is 53.6 Å². The van der Waals surface area contributed by atoms with Gasteiger partial charge < -0.3 is 5.32 Å². The van der Waals surface area contributed by atoms with Crippen molar-refractivity contribution < 1.29 is 0 Å². The lowest BCUT2D eigenvalue weighted by Gasteiger charge is -2.14. The van der Waals surface area contributed by atoms with Gasteiger partial charge in [-0.05, 0) is 37.8 Å². The summed E-state index contributed by atoms with van der Waals surface area (Å²) in [6.07, 6.45) is 5.72. The predicted octanol–water partition coefficient (Wildman–Crippen LogP) is 3.36. The van der Waals surface area contributed by atoms with Gasteiger partial charge in [-0.3, -0.25) is 9.97 Å². The van der Waals surface area contributed by atoms with Crippen molar-refractivity contribution in [1.29, 1.82) is 0 Å². The van der Waals surface area contributed by atoms with Gasteiger partial charge in [-0.2, -0.15) is 0 Å². The first-order chi connectivity index (χ1) is 9.19. The number of aryl methyl sites for hydroxylation is 1. The Morgan fingerprint density at radius 1 is 1.16 bits per heavy atom. The highest BCUT2D eigenvalue weighted by Crippen LogP contribution is 2.19. The van der Waals surface area contributed by atoms with Crippen LogP contribution in [0.5, 0.6) is 0 Å². The molecule has 1 heterocycles. The van der Waals surface area contributed by atoms with Crippen LogP contribution in [0.4, 0.5) is 0 Å². The van der Waals surface area contributed by atoms with Crippen LogP contribution >= 0.6 is 11.8 Å². The van der Waals surface area contributed by atoms with Crippen molar-refractivity contribution in [2.75, 3.05) is 6.26 Å². The first-order valence-electron chi connectivity index (χ1n) is 6.34. The highest BCUT2D eigenvalue weighted by molar-refractivity contribution is 7.98. The molecular weight excluding hydrogens is 254 g/mol. The van der Waals surface area contributed by atoms with E-state index in [1.807, 2.05) is 13.1 Å². The molecule has 1 aromatic heterocycles. The molecule has 0 radical (unpaired) electrons. The monoisotopic (exact) mass is 273 g/mol. The Balaban J connectivity index is 1.93. The molecule has 0 amide bonds. The standard InChI is InChI=1S/C15H19N3S/c1-11-8-18-14(9-16-11)10-17-12(2)13-4-6-15(19-3)7-5-13/h4-9,12,17H,10H2,1-3H3. The Kier molecular flexibility index (Phi) is 4.93. The van der Waals surface area contributed by atoms with E-state index in [-0.39, 0.29) is 0 Å². The molecular formula is C15H19N3S. The number of thioether (sulfide) groups is 1. The highest BCUT2D eigenvalue weighted by atomic mass is 32.2. The maximum atomic E-state index is 4.34. The van der Waals surface area contributed by atoms with E-state index in [0.717, 1.165) is 17.9 Å². The SMILES string of the molecule is CSc1ccc(C(C)NCc2cnc(C)cn2)cc1. The molecule has 0 aliphatic carbocycles. The van der Waals surface area contributed by atoms with Crippen LogP contribution in [0, 0.1) is 6.92 Å². The first-order valence-corrected chi connectivity index (χ1v) is 7.56. The van der Waals surface area contributed by atoms with Gasteiger partial charge in [-0.25, -0.2) is 0 Å². The molecule has 0 saturated heterocycles. The van der Waals surface area contributed by atoms with Crippen LogP contribution in [0.3, 0.4) is 0 Å². The smallest absolute Gasteiger partial charge is 0.0724 e. The number of hydrogen-bond donors (Lipinski definition) is 1. The normalized spacial score (nSPS) is 12.4. The Morgan fingerprint density at radius 3 is 2.47 bits per heavy atom. The van der Waals surface area contributed by atoms with Gasteiger partial charge in [0.25, 0.3) is 0 Å². The molecule has 0 spiro atoms. The molecule has 4 heteroatoms. The lowest BCUT2D eigenvalue weighted by atomic mass is 10.1. The van der Waals surface area contributed by atoms with Crippen molar-refractivity contribution in [1.82, 2.24) is 15.3 Å². The van der Waals surface area contributed by atoms with E-state index >= 15 is 0 Å². The molecule has 1 N–H and O–H groups in total. The number of nitrogens with zero attached hydrogens (tertiary/aromatic N) is 2. The summed E-state index contributed by atoms with van der Waals surface area (Å²) in [5, 5.41) is 3.46. The summed E-state index contributed by atoms with van der Waals surface area (Å²) in [6, 6.07) is 8.96. The van der Waals surface area contributed by atoms with Crippen LogP contribution in [-0.4, -0.2) is 16.2 Å². The van der Waals surface area contributed by atoms with Crippen LogP contribution in [-0.2, 0) is 6.54 Å². The topological polar surface area (TPSA) is 37.8 Å². The highest BCUT2D eigenvalue weighted by Gasteiger charge is 2.05. The fraction of sp³-hybridized carbons (Fsp3) is 0.333. The third-order valence-electron chi connectivity index (χ3n) is 3.04. The Labute approximate surface area is 118 Å². The van der Waals surface area contributed by atoms with Crippen LogP contribution in [0.15, 0.2) is 41.6 Å². The predicted molar refractivity (Wildman–Crippen MR) is 80.2 cm³/mol. The fourth-order valence-corrected chi connectivity index (χ4v) is 2.19. The second-order valence-corrected chi connectivity index (χ2v) is 5.40. The summed E-state index contributed by atoms with van der Waals surface area (Å²) in [7, 11) is 0. The molecule has 1 aromatic carbocycles. The van der Waals surface area contributed by atoms with Gasteiger partial charge in [0.2, 0.25) is 0 Å². The lowest BCUT2D eigenvalue weighted by Crippen LogP contribution is -2.18. The molecule has 0 aliphatic rings. The zero-order chi connectivity index (χ0) is 13.7. The third kappa shape index (κ3) is 4.04. The minimum atomic E-state index is 0.305. The van der Waals surface area contributed by atoms with Gasteiger partial charge in [0, 0.05) is 29.9 Å². The minimum Gasteiger partial charge on any atom is -0.305 e. The number of nitrogens with one attached hydrogen (secondary N) is 1. The second-order valence-electron chi connectivity index (χ2n) is 4.52. The zero-order valence-electron chi connectivity index (χ0n) is 11.6. The van der Waals surface area contributed by atoms with Gasteiger partial charge in [0.05, 0.1) is 11.4 Å². The molecule has 19 heavy (non-hydrogen) atoms. The molecule has 1 unspecified atom stereocenters. The molecule has 0 saturated carbocycles. The van der Waals surface area contributed by atoms with Crippen LogP contribution in [0.25, 0.3) is 0 Å². The van der Waals surface area contributed by atoms with Crippen LogP contribution in [0.2, 0.25) is 0 Å². The molecule has 0 fully saturated rings. The molecule has 0 bridgehead atoms. The van der Waals surface area contributed by atoms with E-state index in [1.165, 1.54) is 10.5 Å². The minimum absolute atomic E-state index is 0.305. The summed E-state index contributed by atoms with van der Waals surface area (Å²) in [5.41, 5.74) is 3.21. The average molecular weight is 273 g/mol. The van der Waals surface area contributed by atoms with E-state index in [9.17, 15) is 0 Å². The number of rotatable bonds is 5. The van der Waals surface area contributed by atoms with E-state index in [0.29, 0.717) is 6.04 Å². The first kappa shape index (κ1) is 14.0. The summed E-state index contributed by atoms with van der Waals surface area (Å²) in [4.78, 5) is 9.88. The number of aromatic nitrogens is 2. The van der Waals surface area contributed by atoms with Crippen molar-refractivity contribution in [3.8, 4) is 0 Å². The molecule has 3 nitrogen and oxygen atoms in total. The Bertz CT molecular complexity index is 508. The van der Waals surface area contributed by atoms with E-state index in [4.69, 9.17) is 0 Å². The van der Waals surface area contributed by atoms with Crippen LogP contribution < -0.4 is 5.32 Å². The quantitative estimate of drug-likeness (QED) is 0.848. The maximum Gasteiger partial charge on any atom is 0.0724 e. The molecule has 2 aromatic rings. The van der Waals surface area contributed by atoms with E-state index in [2.05, 4.69) is 52.7 Å². The van der Waals surface area contributed by atoms with Gasteiger partial charge in [-0.1, -0.05) is 12.1 Å². The van der Waals surface area contributed by atoms with Crippen molar-refractivity contribution in [3.63, 3.8) is 0 Å². The lowest BCUT2D eigenvalue weighted by molar-refractivity contribution is 0.566. The number of hydrogen-bond acceptors (Lipinski definition) is 4. The largest absolute Gasteiger partial charge is 0.305 e. The van der Waals surface area contributed by atoms with E-state index in [1.54, 1.807) is 18.0 Å². The third-order valence-corrected chi connectivity index (χ3v) is 3.78. The number of benzene rings is 1. The van der Waals surface area contributed by atoms with Gasteiger partial charge in [0.1, 0.15) is 0 Å². The van der Waals surface area contributed by atoms with Gasteiger partial charge in [0.15, 0.2) is 0 Å². The van der Waals surface area contributed by atoms with E-state index < -0.39 is 0 Å². The Hall–Kier alpha value is -1.39. The van der Waals surface area contributed by atoms with Crippen molar-refractivity contribution in [2.45, 2.75) is 31.3 Å². The maximum absolute atomic E-state index is 4.34. The second kappa shape index (κ2) is 6.68. The average Bonchev–Trinajstić information content (AvgIpc) is 2.46. The van der Waals surface area contributed by atoms with Crippen molar-refractivity contribution >= 4 is 11.8 Å². The van der Waals surface area contributed by atoms with Gasteiger partial charge in [-0.15, -0.1) is 11.8 Å².